The van der Waals surface area contributed by atoms with Crippen LogP contribution < -0.4 is 5.32 Å². The SMILES string of the molecule is CCCNC(Cc1ccc(Br)s1)c1cc(C)ccc1C. The quantitative estimate of drug-likeness (QED) is 0.733. The van der Waals surface area contributed by atoms with Crippen molar-refractivity contribution in [1.29, 1.82) is 0 Å². The van der Waals surface area contributed by atoms with Crippen molar-refractivity contribution in [3.63, 3.8) is 0 Å². The Morgan fingerprint density at radius 3 is 2.65 bits per heavy atom. The minimum Gasteiger partial charge on any atom is -0.310 e. The zero-order valence-corrected chi connectivity index (χ0v) is 14.8. The van der Waals surface area contributed by atoms with Gasteiger partial charge in [-0.15, -0.1) is 11.3 Å². The van der Waals surface area contributed by atoms with Crippen molar-refractivity contribution in [2.75, 3.05) is 6.54 Å². The van der Waals surface area contributed by atoms with Crippen molar-refractivity contribution in [3.8, 4) is 0 Å². The van der Waals surface area contributed by atoms with Crippen LogP contribution >= 0.6 is 27.3 Å². The molecule has 20 heavy (non-hydrogen) atoms. The number of rotatable bonds is 6. The Hall–Kier alpha value is -0.640. The van der Waals surface area contributed by atoms with E-state index in [1.807, 2.05) is 11.3 Å². The summed E-state index contributed by atoms with van der Waals surface area (Å²) in [5.74, 6) is 0. The summed E-state index contributed by atoms with van der Waals surface area (Å²) < 4.78 is 1.21. The van der Waals surface area contributed by atoms with Crippen LogP contribution in [0.2, 0.25) is 0 Å². The smallest absolute Gasteiger partial charge is 0.0701 e. The van der Waals surface area contributed by atoms with Crippen molar-refractivity contribution in [2.45, 2.75) is 39.7 Å². The van der Waals surface area contributed by atoms with Crippen LogP contribution in [0.25, 0.3) is 0 Å². The Kier molecular flexibility index (Phi) is 5.82. The van der Waals surface area contributed by atoms with Crippen LogP contribution in [-0.2, 0) is 6.42 Å². The molecule has 0 aliphatic heterocycles. The lowest BCUT2D eigenvalue weighted by Gasteiger charge is -2.21. The Balaban J connectivity index is 2.24. The molecule has 1 atom stereocenters. The third kappa shape index (κ3) is 4.18. The van der Waals surface area contributed by atoms with Crippen LogP contribution in [0, 0.1) is 13.8 Å². The van der Waals surface area contributed by atoms with Gasteiger partial charge in [0.2, 0.25) is 0 Å². The third-order valence-electron chi connectivity index (χ3n) is 3.49. The van der Waals surface area contributed by atoms with Gasteiger partial charge in [-0.3, -0.25) is 0 Å². The van der Waals surface area contributed by atoms with E-state index in [0.717, 1.165) is 19.4 Å². The minimum absolute atomic E-state index is 0.403. The van der Waals surface area contributed by atoms with Gasteiger partial charge in [0, 0.05) is 17.3 Å². The topological polar surface area (TPSA) is 12.0 Å². The number of halogens is 1. The summed E-state index contributed by atoms with van der Waals surface area (Å²) in [5.41, 5.74) is 4.14. The normalized spacial score (nSPS) is 12.6. The standard InChI is InChI=1S/C17H22BrNS/c1-4-9-19-16(11-14-7-8-17(18)20-14)15-10-12(2)5-6-13(15)3/h5-8,10,16,19H,4,9,11H2,1-3H3. The Bertz CT molecular complexity index is 562. The molecule has 0 amide bonds. The molecule has 1 N–H and O–H groups in total. The van der Waals surface area contributed by atoms with Crippen molar-refractivity contribution in [2.24, 2.45) is 0 Å². The van der Waals surface area contributed by atoms with Crippen LogP contribution in [0.3, 0.4) is 0 Å². The lowest BCUT2D eigenvalue weighted by molar-refractivity contribution is 0.530. The number of aryl methyl sites for hydroxylation is 2. The molecule has 3 heteroatoms. The fourth-order valence-corrected chi connectivity index (χ4v) is 3.94. The fourth-order valence-electron chi connectivity index (χ4n) is 2.41. The van der Waals surface area contributed by atoms with Gasteiger partial charge in [0.25, 0.3) is 0 Å². The maximum Gasteiger partial charge on any atom is 0.0701 e. The van der Waals surface area contributed by atoms with Crippen LogP contribution in [0.15, 0.2) is 34.1 Å². The summed E-state index contributed by atoms with van der Waals surface area (Å²) in [6, 6.07) is 11.5. The molecule has 0 aliphatic carbocycles. The molecule has 0 bridgehead atoms. The maximum atomic E-state index is 3.70. The first-order chi connectivity index (χ1) is 9.60. The molecule has 2 rings (SSSR count). The minimum atomic E-state index is 0.403. The van der Waals surface area contributed by atoms with Gasteiger partial charge in [-0.1, -0.05) is 30.7 Å². The van der Waals surface area contributed by atoms with Gasteiger partial charge < -0.3 is 5.32 Å². The van der Waals surface area contributed by atoms with E-state index in [4.69, 9.17) is 0 Å². The van der Waals surface area contributed by atoms with Gasteiger partial charge in [0.1, 0.15) is 0 Å². The number of thiophene rings is 1. The number of hydrogen-bond acceptors (Lipinski definition) is 2. The summed E-state index contributed by atoms with van der Waals surface area (Å²) in [6.45, 7) is 7.65. The predicted octanol–water partition coefficient (Wildman–Crippen LogP) is 5.41. The molecule has 0 spiro atoms. The van der Waals surface area contributed by atoms with Crippen LogP contribution in [0.5, 0.6) is 0 Å². The summed E-state index contributed by atoms with van der Waals surface area (Å²) in [5, 5.41) is 3.70. The van der Waals surface area contributed by atoms with Gasteiger partial charge >= 0.3 is 0 Å². The summed E-state index contributed by atoms with van der Waals surface area (Å²) >= 11 is 5.39. The van der Waals surface area contributed by atoms with Gasteiger partial charge in [-0.25, -0.2) is 0 Å². The summed E-state index contributed by atoms with van der Waals surface area (Å²) in [6.07, 6.45) is 2.22. The highest BCUT2D eigenvalue weighted by molar-refractivity contribution is 9.11. The van der Waals surface area contributed by atoms with E-state index in [1.54, 1.807) is 0 Å². The van der Waals surface area contributed by atoms with Crippen LogP contribution in [0.1, 0.15) is 41.0 Å². The van der Waals surface area contributed by atoms with Gasteiger partial charge in [0.15, 0.2) is 0 Å². The molecule has 0 fully saturated rings. The number of benzene rings is 1. The molecule has 108 valence electrons. The molecule has 1 aromatic carbocycles. The second kappa shape index (κ2) is 7.39. The monoisotopic (exact) mass is 351 g/mol. The van der Waals surface area contributed by atoms with E-state index in [2.05, 4.69) is 72.3 Å². The Morgan fingerprint density at radius 2 is 2.00 bits per heavy atom. The highest BCUT2D eigenvalue weighted by Gasteiger charge is 2.15. The molecule has 2 aromatic rings. The molecule has 1 nitrogen and oxygen atoms in total. The number of hydrogen-bond donors (Lipinski definition) is 1. The molecular formula is C17H22BrNS. The second-order valence-corrected chi connectivity index (χ2v) is 7.82. The molecule has 0 aliphatic rings. The van der Waals surface area contributed by atoms with E-state index in [1.165, 1.54) is 25.4 Å². The maximum absolute atomic E-state index is 3.70. The third-order valence-corrected chi connectivity index (χ3v) is 5.13. The first-order valence-electron chi connectivity index (χ1n) is 7.15. The van der Waals surface area contributed by atoms with E-state index in [0.29, 0.717) is 6.04 Å². The van der Waals surface area contributed by atoms with E-state index >= 15 is 0 Å². The largest absolute Gasteiger partial charge is 0.310 e. The lowest BCUT2D eigenvalue weighted by atomic mass is 9.96. The average Bonchev–Trinajstić information content (AvgIpc) is 2.83. The van der Waals surface area contributed by atoms with Crippen molar-refractivity contribution in [3.05, 3.63) is 55.7 Å². The Labute approximate surface area is 134 Å². The van der Waals surface area contributed by atoms with Gasteiger partial charge in [-0.05, 0) is 66.0 Å². The molecular weight excluding hydrogens is 330 g/mol. The summed E-state index contributed by atoms with van der Waals surface area (Å²) in [7, 11) is 0. The first kappa shape index (κ1) is 15.7. The molecule has 1 aromatic heterocycles. The van der Waals surface area contributed by atoms with E-state index in [9.17, 15) is 0 Å². The molecule has 0 saturated carbocycles. The molecule has 0 radical (unpaired) electrons. The van der Waals surface area contributed by atoms with Crippen LogP contribution in [-0.4, -0.2) is 6.54 Å². The lowest BCUT2D eigenvalue weighted by Crippen LogP contribution is -2.24. The fraction of sp³-hybridized carbons (Fsp3) is 0.412. The van der Waals surface area contributed by atoms with E-state index in [-0.39, 0.29) is 0 Å². The second-order valence-electron chi connectivity index (χ2n) is 5.28. The van der Waals surface area contributed by atoms with E-state index < -0.39 is 0 Å². The zero-order valence-electron chi connectivity index (χ0n) is 12.4. The van der Waals surface area contributed by atoms with Gasteiger partial charge in [-0.2, -0.15) is 0 Å². The highest BCUT2D eigenvalue weighted by Crippen LogP contribution is 2.28. The Morgan fingerprint density at radius 1 is 1.20 bits per heavy atom. The molecule has 1 heterocycles. The highest BCUT2D eigenvalue weighted by atomic mass is 79.9. The zero-order chi connectivity index (χ0) is 14.5. The first-order valence-corrected chi connectivity index (χ1v) is 8.76. The van der Waals surface area contributed by atoms with Crippen molar-refractivity contribution >= 4 is 27.3 Å². The number of nitrogens with one attached hydrogen (secondary N) is 1. The summed E-state index contributed by atoms with van der Waals surface area (Å²) in [4.78, 5) is 1.42. The van der Waals surface area contributed by atoms with Crippen LogP contribution in [0.4, 0.5) is 0 Å². The van der Waals surface area contributed by atoms with Crippen molar-refractivity contribution in [1.82, 2.24) is 5.32 Å². The average molecular weight is 352 g/mol. The molecule has 0 saturated heterocycles. The predicted molar refractivity (Wildman–Crippen MR) is 92.7 cm³/mol. The van der Waals surface area contributed by atoms with Gasteiger partial charge in [0.05, 0.1) is 3.79 Å². The van der Waals surface area contributed by atoms with Crippen molar-refractivity contribution < 1.29 is 0 Å². The molecule has 1 unspecified atom stereocenters.